The van der Waals surface area contributed by atoms with Gasteiger partial charge < -0.3 is 15.0 Å². The van der Waals surface area contributed by atoms with Gasteiger partial charge in [0.2, 0.25) is 5.91 Å². The van der Waals surface area contributed by atoms with Crippen LogP contribution in [0.3, 0.4) is 0 Å². The quantitative estimate of drug-likeness (QED) is 0.822. The van der Waals surface area contributed by atoms with Gasteiger partial charge in [-0.25, -0.2) is 9.18 Å². The largest absolute Gasteiger partial charge is 0.465 e. The lowest BCUT2D eigenvalue weighted by Gasteiger charge is -2.32. The van der Waals surface area contributed by atoms with Crippen molar-refractivity contribution in [2.45, 2.75) is 12.8 Å². The van der Waals surface area contributed by atoms with Crippen LogP contribution in [0.5, 0.6) is 0 Å². The van der Waals surface area contributed by atoms with Gasteiger partial charge in [-0.05, 0) is 37.1 Å². The Hall–Kier alpha value is -3.22. The maximum atomic E-state index is 13.9. The third-order valence-corrected chi connectivity index (χ3v) is 4.77. The first kappa shape index (κ1) is 19.5. The summed E-state index contributed by atoms with van der Waals surface area (Å²) in [5.41, 5.74) is 0.616. The topological polar surface area (TPSA) is 75.7 Å². The van der Waals surface area contributed by atoms with Gasteiger partial charge in [0.15, 0.2) is 0 Å². The van der Waals surface area contributed by atoms with Crippen molar-refractivity contribution >= 4 is 23.5 Å². The second-order valence-corrected chi connectivity index (χ2v) is 6.60. The summed E-state index contributed by atoms with van der Waals surface area (Å²) >= 11 is 0. The van der Waals surface area contributed by atoms with Crippen LogP contribution in [0.15, 0.2) is 48.5 Å². The van der Waals surface area contributed by atoms with Gasteiger partial charge in [-0.15, -0.1) is 0 Å². The van der Waals surface area contributed by atoms with Gasteiger partial charge >= 0.3 is 5.97 Å². The van der Waals surface area contributed by atoms with Crippen molar-refractivity contribution in [2.24, 2.45) is 5.92 Å². The lowest BCUT2D eigenvalue weighted by Crippen LogP contribution is -2.44. The number of halogens is 1. The molecule has 2 aromatic carbocycles. The van der Waals surface area contributed by atoms with Gasteiger partial charge in [-0.1, -0.05) is 24.3 Å². The van der Waals surface area contributed by atoms with E-state index in [9.17, 15) is 18.8 Å². The molecule has 0 spiro atoms. The summed E-state index contributed by atoms with van der Waals surface area (Å²) in [6, 6.07) is 12.4. The maximum absolute atomic E-state index is 13.9. The number of likely N-dealkylation sites (tertiary alicyclic amines) is 1. The molecular weight excluding hydrogens is 363 g/mol. The molecule has 2 amide bonds. The van der Waals surface area contributed by atoms with E-state index in [4.69, 9.17) is 4.74 Å². The molecule has 0 saturated carbocycles. The van der Waals surface area contributed by atoms with Crippen LogP contribution in [0.1, 0.15) is 33.6 Å². The van der Waals surface area contributed by atoms with E-state index >= 15 is 0 Å². The minimum atomic E-state index is -0.578. The number of anilines is 1. The third-order valence-electron chi connectivity index (χ3n) is 4.77. The van der Waals surface area contributed by atoms with Crippen molar-refractivity contribution in [3.63, 3.8) is 0 Å². The molecular formula is C21H21FN2O4. The van der Waals surface area contributed by atoms with E-state index in [1.165, 1.54) is 30.2 Å². The van der Waals surface area contributed by atoms with Gasteiger partial charge in [-0.2, -0.15) is 0 Å². The average Bonchev–Trinajstić information content (AvgIpc) is 2.73. The predicted octanol–water partition coefficient (Wildman–Crippen LogP) is 3.10. The monoisotopic (exact) mass is 384 g/mol. The van der Waals surface area contributed by atoms with E-state index in [1.54, 1.807) is 30.3 Å². The van der Waals surface area contributed by atoms with Gasteiger partial charge in [0, 0.05) is 13.1 Å². The Balaban J connectivity index is 1.71. The summed E-state index contributed by atoms with van der Waals surface area (Å²) < 4.78 is 18.7. The fraction of sp³-hybridized carbons (Fsp3) is 0.286. The summed E-state index contributed by atoms with van der Waals surface area (Å²) in [7, 11) is 1.27. The minimum absolute atomic E-state index is 0.000375. The maximum Gasteiger partial charge on any atom is 0.339 e. The molecule has 0 aromatic heterocycles. The van der Waals surface area contributed by atoms with Crippen molar-refractivity contribution in [3.8, 4) is 0 Å². The molecule has 1 atom stereocenters. The van der Waals surface area contributed by atoms with E-state index in [0.29, 0.717) is 25.1 Å². The van der Waals surface area contributed by atoms with Crippen LogP contribution in [-0.2, 0) is 9.53 Å². The number of rotatable bonds is 4. The molecule has 3 rings (SSSR count). The van der Waals surface area contributed by atoms with E-state index < -0.39 is 23.6 Å². The Bertz CT molecular complexity index is 899. The number of ether oxygens (including phenoxy) is 1. The van der Waals surface area contributed by atoms with Crippen molar-refractivity contribution in [1.29, 1.82) is 0 Å². The van der Waals surface area contributed by atoms with Crippen molar-refractivity contribution < 1.29 is 23.5 Å². The molecule has 1 aliphatic heterocycles. The van der Waals surface area contributed by atoms with Crippen LogP contribution < -0.4 is 5.32 Å². The number of esters is 1. The Morgan fingerprint density at radius 3 is 2.46 bits per heavy atom. The molecule has 1 fully saturated rings. The van der Waals surface area contributed by atoms with Gasteiger partial charge in [0.1, 0.15) is 5.82 Å². The Morgan fingerprint density at radius 2 is 1.75 bits per heavy atom. The zero-order chi connectivity index (χ0) is 20.1. The number of methoxy groups -OCH3 is 1. The number of amides is 2. The van der Waals surface area contributed by atoms with Crippen LogP contribution in [-0.4, -0.2) is 42.9 Å². The summed E-state index contributed by atoms with van der Waals surface area (Å²) in [5.74, 6) is -2.29. The SMILES string of the molecule is COC(=O)c1ccccc1NC(=O)C1CCCN(C(=O)c2ccccc2F)C1. The van der Waals surface area contributed by atoms with E-state index in [1.807, 2.05) is 0 Å². The molecule has 6 nitrogen and oxygen atoms in total. The molecule has 1 N–H and O–H groups in total. The number of nitrogens with zero attached hydrogens (tertiary/aromatic N) is 1. The smallest absolute Gasteiger partial charge is 0.339 e. The number of carbonyl (C=O) groups excluding carboxylic acids is 3. The van der Waals surface area contributed by atoms with Crippen LogP contribution in [0.2, 0.25) is 0 Å². The molecule has 0 bridgehead atoms. The van der Waals surface area contributed by atoms with Crippen LogP contribution in [0.25, 0.3) is 0 Å². The first-order chi connectivity index (χ1) is 13.5. The summed E-state index contributed by atoms with van der Waals surface area (Å²) in [6.45, 7) is 0.662. The molecule has 0 radical (unpaired) electrons. The highest BCUT2D eigenvalue weighted by atomic mass is 19.1. The summed E-state index contributed by atoms with van der Waals surface area (Å²) in [5, 5.41) is 2.75. The van der Waals surface area contributed by atoms with E-state index in [-0.39, 0.29) is 23.6 Å². The fourth-order valence-corrected chi connectivity index (χ4v) is 3.30. The van der Waals surface area contributed by atoms with Crippen LogP contribution in [0.4, 0.5) is 10.1 Å². The van der Waals surface area contributed by atoms with Crippen LogP contribution in [0, 0.1) is 11.7 Å². The zero-order valence-corrected chi connectivity index (χ0v) is 15.5. The highest BCUT2D eigenvalue weighted by Crippen LogP contribution is 2.23. The molecule has 1 heterocycles. The average molecular weight is 384 g/mol. The molecule has 7 heteroatoms. The molecule has 1 aliphatic rings. The number of nitrogens with one attached hydrogen (secondary N) is 1. The molecule has 146 valence electrons. The van der Waals surface area contributed by atoms with Gasteiger partial charge in [0.25, 0.3) is 5.91 Å². The second-order valence-electron chi connectivity index (χ2n) is 6.60. The van der Waals surface area contributed by atoms with Crippen LogP contribution >= 0.6 is 0 Å². The summed E-state index contributed by atoms with van der Waals surface area (Å²) in [6.07, 6.45) is 1.24. The van der Waals surface area contributed by atoms with E-state index in [0.717, 1.165) is 0 Å². The number of hydrogen-bond acceptors (Lipinski definition) is 4. The number of hydrogen-bond donors (Lipinski definition) is 1. The summed E-state index contributed by atoms with van der Waals surface area (Å²) in [4.78, 5) is 38.7. The lowest BCUT2D eigenvalue weighted by molar-refractivity contribution is -0.121. The van der Waals surface area contributed by atoms with Gasteiger partial charge in [-0.3, -0.25) is 9.59 Å². The first-order valence-corrected chi connectivity index (χ1v) is 9.03. The number of carbonyl (C=O) groups is 3. The van der Waals surface area contributed by atoms with Gasteiger partial charge in [0.05, 0.1) is 29.8 Å². The first-order valence-electron chi connectivity index (χ1n) is 9.03. The number of para-hydroxylation sites is 1. The number of piperidine rings is 1. The zero-order valence-electron chi connectivity index (χ0n) is 15.5. The minimum Gasteiger partial charge on any atom is -0.465 e. The Labute approximate surface area is 162 Å². The van der Waals surface area contributed by atoms with Crippen molar-refractivity contribution in [2.75, 3.05) is 25.5 Å². The Morgan fingerprint density at radius 1 is 1.07 bits per heavy atom. The predicted molar refractivity (Wildman–Crippen MR) is 101 cm³/mol. The third kappa shape index (κ3) is 4.19. The molecule has 0 aliphatic carbocycles. The van der Waals surface area contributed by atoms with Crippen molar-refractivity contribution in [3.05, 3.63) is 65.5 Å². The highest BCUT2D eigenvalue weighted by molar-refractivity contribution is 6.02. The molecule has 1 saturated heterocycles. The number of benzene rings is 2. The van der Waals surface area contributed by atoms with E-state index in [2.05, 4.69) is 5.32 Å². The van der Waals surface area contributed by atoms with Crippen molar-refractivity contribution in [1.82, 2.24) is 4.90 Å². The molecule has 28 heavy (non-hydrogen) atoms. The molecule has 1 unspecified atom stereocenters. The molecule has 2 aromatic rings. The second kappa shape index (κ2) is 8.65. The fourth-order valence-electron chi connectivity index (χ4n) is 3.30. The highest BCUT2D eigenvalue weighted by Gasteiger charge is 2.30. The normalized spacial score (nSPS) is 16.4. The Kier molecular flexibility index (Phi) is 6.03. The standard InChI is InChI=1S/C21H21FN2O4/c1-28-21(27)16-9-3-5-11-18(16)23-19(25)14-7-6-12-24(13-14)20(26)15-8-2-4-10-17(15)22/h2-5,8-11,14H,6-7,12-13H2,1H3,(H,23,25). The lowest BCUT2D eigenvalue weighted by atomic mass is 9.96.